The largest absolute Gasteiger partial charge is 0.370 e. The molecule has 7 nitrogen and oxygen atoms in total. The number of primary amides is 1. The van der Waals surface area contributed by atoms with Gasteiger partial charge in [-0.15, -0.1) is 0 Å². The number of nitrogens with zero attached hydrogens (tertiary/aromatic N) is 2. The number of aromatic nitrogens is 2. The van der Waals surface area contributed by atoms with Crippen molar-refractivity contribution >= 4 is 17.5 Å². The lowest BCUT2D eigenvalue weighted by atomic mass is 9.95. The van der Waals surface area contributed by atoms with Crippen LogP contribution >= 0.6 is 0 Å². The Bertz CT molecular complexity index is 492. The minimum Gasteiger partial charge on any atom is -0.370 e. The lowest BCUT2D eigenvalue weighted by Gasteiger charge is -2.27. The Labute approximate surface area is 119 Å². The van der Waals surface area contributed by atoms with E-state index in [1.54, 1.807) is 6.07 Å². The molecular weight excluding hydrogens is 256 g/mol. The zero-order chi connectivity index (χ0) is 15.6. The molecule has 7 heteroatoms. The quantitative estimate of drug-likeness (QED) is 0.474. The van der Waals surface area contributed by atoms with Gasteiger partial charge in [0.15, 0.2) is 0 Å². The van der Waals surface area contributed by atoms with Gasteiger partial charge in [0.05, 0.1) is 0 Å². The second-order valence-electron chi connectivity index (χ2n) is 6.51. The number of nitrogens with one attached hydrogen (secondary N) is 2. The zero-order valence-electron chi connectivity index (χ0n) is 12.7. The summed E-state index contributed by atoms with van der Waals surface area (Å²) in [5.74, 6) is 6.84. The highest BCUT2D eigenvalue weighted by atomic mass is 16.1. The topological polar surface area (TPSA) is 119 Å². The van der Waals surface area contributed by atoms with Gasteiger partial charge in [0.1, 0.15) is 17.5 Å². The first-order valence-electron chi connectivity index (χ1n) is 6.46. The SMILES string of the molecule is CC(C)(CC(N)=O)Nc1cc(NN)nc(C(C)(C)C)n1. The van der Waals surface area contributed by atoms with E-state index < -0.39 is 5.54 Å². The molecule has 0 unspecified atom stereocenters. The van der Waals surface area contributed by atoms with Gasteiger partial charge in [0.2, 0.25) is 5.91 Å². The molecule has 0 aliphatic heterocycles. The first-order valence-corrected chi connectivity index (χ1v) is 6.46. The number of nitrogens with two attached hydrogens (primary N) is 2. The van der Waals surface area contributed by atoms with Crippen molar-refractivity contribution in [3.05, 3.63) is 11.9 Å². The van der Waals surface area contributed by atoms with E-state index in [9.17, 15) is 4.79 Å². The molecule has 0 fully saturated rings. The Morgan fingerprint density at radius 3 is 2.20 bits per heavy atom. The van der Waals surface area contributed by atoms with Gasteiger partial charge in [-0.3, -0.25) is 4.79 Å². The van der Waals surface area contributed by atoms with Crippen LogP contribution in [0.5, 0.6) is 0 Å². The van der Waals surface area contributed by atoms with Crippen LogP contribution in [0.25, 0.3) is 0 Å². The summed E-state index contributed by atoms with van der Waals surface area (Å²) in [6.45, 7) is 9.81. The van der Waals surface area contributed by atoms with Crippen LogP contribution in [0.3, 0.4) is 0 Å². The Morgan fingerprint density at radius 2 is 1.75 bits per heavy atom. The van der Waals surface area contributed by atoms with Crippen LogP contribution in [0.4, 0.5) is 11.6 Å². The number of rotatable bonds is 5. The van der Waals surface area contributed by atoms with E-state index in [0.717, 1.165) is 0 Å². The third-order valence-corrected chi connectivity index (χ3v) is 2.63. The Balaban J connectivity index is 3.09. The first kappa shape index (κ1) is 16.2. The number of hydrogen-bond acceptors (Lipinski definition) is 6. The van der Waals surface area contributed by atoms with Crippen LogP contribution in [-0.2, 0) is 10.2 Å². The van der Waals surface area contributed by atoms with Gasteiger partial charge in [-0.2, -0.15) is 0 Å². The van der Waals surface area contributed by atoms with Crippen LogP contribution in [-0.4, -0.2) is 21.4 Å². The summed E-state index contributed by atoms with van der Waals surface area (Å²) in [5.41, 5.74) is 7.06. The van der Waals surface area contributed by atoms with Crippen LogP contribution in [0.15, 0.2) is 6.07 Å². The molecule has 0 spiro atoms. The second kappa shape index (κ2) is 5.62. The van der Waals surface area contributed by atoms with Gasteiger partial charge >= 0.3 is 0 Å². The summed E-state index contributed by atoms with van der Waals surface area (Å²) < 4.78 is 0. The fourth-order valence-corrected chi connectivity index (χ4v) is 1.75. The number of carbonyl (C=O) groups excluding carboxylic acids is 1. The Morgan fingerprint density at radius 1 is 1.20 bits per heavy atom. The smallest absolute Gasteiger partial charge is 0.219 e. The van der Waals surface area contributed by atoms with Gasteiger partial charge in [0, 0.05) is 23.4 Å². The van der Waals surface area contributed by atoms with E-state index in [-0.39, 0.29) is 17.7 Å². The molecular formula is C13H24N6O. The van der Waals surface area contributed by atoms with Crippen molar-refractivity contribution in [3.8, 4) is 0 Å². The second-order valence-corrected chi connectivity index (χ2v) is 6.51. The maximum absolute atomic E-state index is 11.1. The van der Waals surface area contributed by atoms with Crippen molar-refractivity contribution in [1.82, 2.24) is 9.97 Å². The number of amides is 1. The van der Waals surface area contributed by atoms with E-state index in [0.29, 0.717) is 17.5 Å². The number of hydrazine groups is 1. The highest BCUT2D eigenvalue weighted by Crippen LogP contribution is 2.24. The third kappa shape index (κ3) is 4.65. The summed E-state index contributed by atoms with van der Waals surface area (Å²) in [4.78, 5) is 19.9. The van der Waals surface area contributed by atoms with Crippen molar-refractivity contribution < 1.29 is 4.79 Å². The van der Waals surface area contributed by atoms with Gasteiger partial charge in [-0.05, 0) is 13.8 Å². The maximum Gasteiger partial charge on any atom is 0.219 e. The molecule has 1 rings (SSSR count). The monoisotopic (exact) mass is 280 g/mol. The number of hydrogen-bond donors (Lipinski definition) is 4. The molecule has 20 heavy (non-hydrogen) atoms. The molecule has 0 atom stereocenters. The van der Waals surface area contributed by atoms with Crippen molar-refractivity contribution in [2.24, 2.45) is 11.6 Å². The molecule has 0 aliphatic carbocycles. The molecule has 112 valence electrons. The lowest BCUT2D eigenvalue weighted by molar-refractivity contribution is -0.118. The van der Waals surface area contributed by atoms with Crippen molar-refractivity contribution in [2.75, 3.05) is 10.7 Å². The predicted octanol–water partition coefficient (Wildman–Crippen LogP) is 1.13. The summed E-state index contributed by atoms with van der Waals surface area (Å²) in [7, 11) is 0. The minimum absolute atomic E-state index is 0.202. The van der Waals surface area contributed by atoms with E-state index in [2.05, 4.69) is 20.7 Å². The van der Waals surface area contributed by atoms with Crippen LogP contribution in [0.1, 0.15) is 46.9 Å². The van der Waals surface area contributed by atoms with Crippen molar-refractivity contribution in [3.63, 3.8) is 0 Å². The summed E-state index contributed by atoms with van der Waals surface area (Å²) in [5, 5.41) is 3.19. The maximum atomic E-state index is 11.1. The summed E-state index contributed by atoms with van der Waals surface area (Å²) >= 11 is 0. The molecule has 6 N–H and O–H groups in total. The first-order chi connectivity index (χ1) is 9.03. The van der Waals surface area contributed by atoms with Crippen LogP contribution in [0, 0.1) is 0 Å². The number of anilines is 2. The standard InChI is InChI=1S/C13H24N6O/c1-12(2,3)11-16-9(6-10(17-11)19-15)18-13(4,5)7-8(14)20/h6H,7,15H2,1-5H3,(H2,14,20)(H2,16,17,18,19). The molecule has 1 amide bonds. The molecule has 0 saturated carbocycles. The Hall–Kier alpha value is -1.89. The van der Waals surface area contributed by atoms with Crippen LogP contribution in [0.2, 0.25) is 0 Å². The van der Waals surface area contributed by atoms with E-state index >= 15 is 0 Å². The molecule has 0 aromatic carbocycles. The average molecular weight is 280 g/mol. The highest BCUT2D eigenvalue weighted by molar-refractivity contribution is 5.75. The zero-order valence-corrected chi connectivity index (χ0v) is 12.7. The lowest BCUT2D eigenvalue weighted by Crippen LogP contribution is -2.36. The van der Waals surface area contributed by atoms with Crippen molar-refractivity contribution in [2.45, 2.75) is 52.0 Å². The molecule has 0 saturated heterocycles. The summed E-state index contributed by atoms with van der Waals surface area (Å²) in [6.07, 6.45) is 0.202. The Kier molecular flexibility index (Phi) is 4.54. The van der Waals surface area contributed by atoms with Gasteiger partial charge in [0.25, 0.3) is 0 Å². The average Bonchev–Trinajstić information content (AvgIpc) is 2.24. The molecule has 1 aromatic heterocycles. The number of carbonyl (C=O) groups is 1. The number of nitrogen functional groups attached to an aromatic ring is 1. The molecule has 0 bridgehead atoms. The van der Waals surface area contributed by atoms with Gasteiger partial charge < -0.3 is 16.5 Å². The van der Waals surface area contributed by atoms with E-state index in [1.165, 1.54) is 0 Å². The fraction of sp³-hybridized carbons (Fsp3) is 0.615. The molecule has 1 heterocycles. The molecule has 0 radical (unpaired) electrons. The van der Waals surface area contributed by atoms with Crippen molar-refractivity contribution in [1.29, 1.82) is 0 Å². The predicted molar refractivity (Wildman–Crippen MR) is 80.1 cm³/mol. The van der Waals surface area contributed by atoms with E-state index in [4.69, 9.17) is 11.6 Å². The van der Waals surface area contributed by atoms with Crippen LogP contribution < -0.4 is 22.3 Å². The van der Waals surface area contributed by atoms with Gasteiger partial charge in [-0.1, -0.05) is 20.8 Å². The fourth-order valence-electron chi connectivity index (χ4n) is 1.75. The highest BCUT2D eigenvalue weighted by Gasteiger charge is 2.23. The molecule has 1 aromatic rings. The third-order valence-electron chi connectivity index (χ3n) is 2.63. The van der Waals surface area contributed by atoms with E-state index in [1.807, 2.05) is 34.6 Å². The molecule has 0 aliphatic rings. The van der Waals surface area contributed by atoms with Gasteiger partial charge in [-0.25, -0.2) is 15.8 Å². The normalized spacial score (nSPS) is 12.1. The summed E-state index contributed by atoms with van der Waals surface area (Å²) in [6, 6.07) is 1.69. The minimum atomic E-state index is -0.499.